The number of benzene rings is 1. The van der Waals surface area contributed by atoms with Crippen LogP contribution in [0.2, 0.25) is 0 Å². The van der Waals surface area contributed by atoms with Crippen LogP contribution in [-0.4, -0.2) is 15.6 Å². The molecule has 0 aliphatic rings. The number of aryl methyl sites for hydroxylation is 1. The third-order valence-electron chi connectivity index (χ3n) is 2.93. The van der Waals surface area contributed by atoms with Crippen LogP contribution in [-0.2, 0) is 6.54 Å². The molecule has 2 rings (SSSR count). The molecule has 1 heterocycles. The molecule has 0 amide bonds. The second kappa shape index (κ2) is 5.17. The van der Waals surface area contributed by atoms with Crippen LogP contribution >= 0.6 is 0 Å². The van der Waals surface area contributed by atoms with Gasteiger partial charge in [-0.2, -0.15) is 5.10 Å². The summed E-state index contributed by atoms with van der Waals surface area (Å²) in [5.41, 5.74) is 2.77. The molecule has 1 aromatic heterocycles. The standard InChI is InChI=1S/C15H18N2O/c1-11(2)15(18)14-9-12(3)17(16-14)10-13-7-5-4-6-8-13/h4-9,11H,10H2,1-3H3. The van der Waals surface area contributed by atoms with Crippen molar-refractivity contribution in [1.29, 1.82) is 0 Å². The van der Waals surface area contributed by atoms with Gasteiger partial charge in [-0.1, -0.05) is 44.2 Å². The highest BCUT2D eigenvalue weighted by atomic mass is 16.1. The van der Waals surface area contributed by atoms with Crippen LogP contribution in [0.4, 0.5) is 0 Å². The van der Waals surface area contributed by atoms with Crippen LogP contribution in [0.3, 0.4) is 0 Å². The molecule has 0 bridgehead atoms. The average molecular weight is 242 g/mol. The minimum atomic E-state index is -0.00975. The van der Waals surface area contributed by atoms with E-state index in [1.165, 1.54) is 5.56 Å². The van der Waals surface area contributed by atoms with Gasteiger partial charge in [0, 0.05) is 11.6 Å². The SMILES string of the molecule is Cc1cc(C(=O)C(C)C)nn1Cc1ccccc1. The zero-order valence-corrected chi connectivity index (χ0v) is 11.1. The fourth-order valence-electron chi connectivity index (χ4n) is 1.84. The predicted molar refractivity (Wildman–Crippen MR) is 71.7 cm³/mol. The smallest absolute Gasteiger partial charge is 0.185 e. The Balaban J connectivity index is 2.22. The van der Waals surface area contributed by atoms with Gasteiger partial charge in [-0.05, 0) is 18.6 Å². The van der Waals surface area contributed by atoms with Crippen molar-refractivity contribution in [3.63, 3.8) is 0 Å². The highest BCUT2D eigenvalue weighted by Gasteiger charge is 2.15. The second-order valence-electron chi connectivity index (χ2n) is 4.83. The lowest BCUT2D eigenvalue weighted by Gasteiger charge is -2.04. The fraction of sp³-hybridized carbons (Fsp3) is 0.333. The van der Waals surface area contributed by atoms with Gasteiger partial charge in [-0.15, -0.1) is 0 Å². The lowest BCUT2D eigenvalue weighted by molar-refractivity contribution is 0.0933. The van der Waals surface area contributed by atoms with Crippen LogP contribution in [0.25, 0.3) is 0 Å². The molecule has 0 aliphatic heterocycles. The third kappa shape index (κ3) is 2.67. The molecule has 0 saturated heterocycles. The Morgan fingerprint density at radius 2 is 1.94 bits per heavy atom. The largest absolute Gasteiger partial charge is 0.292 e. The summed E-state index contributed by atoms with van der Waals surface area (Å²) < 4.78 is 1.88. The van der Waals surface area contributed by atoms with Crippen molar-refractivity contribution in [2.45, 2.75) is 27.3 Å². The molecule has 2 aromatic rings. The summed E-state index contributed by atoms with van der Waals surface area (Å²) in [6.45, 7) is 6.48. The molecule has 0 unspecified atom stereocenters. The number of ketones is 1. The number of Topliss-reactive ketones (excluding diaryl/α,β-unsaturated/α-hetero) is 1. The molecule has 0 spiro atoms. The average Bonchev–Trinajstić information content (AvgIpc) is 2.71. The number of rotatable bonds is 4. The molecular weight excluding hydrogens is 224 g/mol. The van der Waals surface area contributed by atoms with Crippen molar-refractivity contribution < 1.29 is 4.79 Å². The van der Waals surface area contributed by atoms with Gasteiger partial charge >= 0.3 is 0 Å². The Morgan fingerprint density at radius 1 is 1.28 bits per heavy atom. The summed E-state index contributed by atoms with van der Waals surface area (Å²) >= 11 is 0. The van der Waals surface area contributed by atoms with Gasteiger partial charge in [0.25, 0.3) is 0 Å². The Kier molecular flexibility index (Phi) is 3.60. The number of aromatic nitrogens is 2. The summed E-state index contributed by atoms with van der Waals surface area (Å²) in [7, 11) is 0. The van der Waals surface area contributed by atoms with E-state index in [9.17, 15) is 4.79 Å². The highest BCUT2D eigenvalue weighted by molar-refractivity contribution is 5.95. The number of carbonyl (C=O) groups excluding carboxylic acids is 1. The number of carbonyl (C=O) groups is 1. The van der Waals surface area contributed by atoms with Crippen molar-refractivity contribution in [2.75, 3.05) is 0 Å². The maximum absolute atomic E-state index is 11.9. The van der Waals surface area contributed by atoms with Crippen molar-refractivity contribution in [1.82, 2.24) is 9.78 Å². The van der Waals surface area contributed by atoms with Crippen molar-refractivity contribution in [3.05, 3.63) is 53.3 Å². The zero-order chi connectivity index (χ0) is 13.1. The summed E-state index contributed by atoms with van der Waals surface area (Å²) in [5.74, 6) is 0.0920. The molecule has 1 aromatic carbocycles. The molecule has 0 saturated carbocycles. The summed E-state index contributed by atoms with van der Waals surface area (Å²) in [4.78, 5) is 11.9. The zero-order valence-electron chi connectivity index (χ0n) is 11.1. The van der Waals surface area contributed by atoms with Crippen LogP contribution in [0.15, 0.2) is 36.4 Å². The molecule has 3 heteroatoms. The number of nitrogens with zero attached hydrogens (tertiary/aromatic N) is 2. The maximum atomic E-state index is 11.9. The first-order valence-corrected chi connectivity index (χ1v) is 6.20. The summed E-state index contributed by atoms with van der Waals surface area (Å²) in [5, 5.41) is 4.39. The van der Waals surface area contributed by atoms with Crippen molar-refractivity contribution in [2.24, 2.45) is 5.92 Å². The number of hydrogen-bond acceptors (Lipinski definition) is 2. The molecular formula is C15H18N2O. The quantitative estimate of drug-likeness (QED) is 0.772. The molecule has 94 valence electrons. The first-order chi connectivity index (χ1) is 8.58. The maximum Gasteiger partial charge on any atom is 0.185 e. The Labute approximate surface area is 107 Å². The van der Waals surface area contributed by atoms with Crippen LogP contribution < -0.4 is 0 Å². The normalized spacial score (nSPS) is 10.9. The minimum absolute atomic E-state index is 0.00975. The van der Waals surface area contributed by atoms with Gasteiger partial charge in [0.05, 0.1) is 6.54 Å². The lowest BCUT2D eigenvalue weighted by Crippen LogP contribution is -2.10. The van der Waals surface area contributed by atoms with Gasteiger partial charge in [0.2, 0.25) is 0 Å². The van der Waals surface area contributed by atoms with E-state index in [4.69, 9.17) is 0 Å². The van der Waals surface area contributed by atoms with E-state index < -0.39 is 0 Å². The van der Waals surface area contributed by atoms with Crippen LogP contribution in [0, 0.1) is 12.8 Å². The van der Waals surface area contributed by atoms with E-state index in [2.05, 4.69) is 17.2 Å². The fourth-order valence-corrected chi connectivity index (χ4v) is 1.84. The Bertz CT molecular complexity index is 541. The van der Waals surface area contributed by atoms with Crippen LogP contribution in [0.1, 0.15) is 35.6 Å². The van der Waals surface area contributed by atoms with E-state index in [1.807, 2.05) is 49.7 Å². The van der Waals surface area contributed by atoms with Crippen molar-refractivity contribution in [3.8, 4) is 0 Å². The molecule has 0 fully saturated rings. The van der Waals surface area contributed by atoms with Gasteiger partial charge in [-0.3, -0.25) is 9.48 Å². The van der Waals surface area contributed by atoms with E-state index in [0.29, 0.717) is 12.2 Å². The Hall–Kier alpha value is -1.90. The topological polar surface area (TPSA) is 34.9 Å². The number of hydrogen-bond donors (Lipinski definition) is 0. The summed E-state index contributed by atoms with van der Waals surface area (Å²) in [6, 6.07) is 12.0. The predicted octanol–water partition coefficient (Wildman–Crippen LogP) is 3.08. The molecule has 0 N–H and O–H groups in total. The second-order valence-corrected chi connectivity index (χ2v) is 4.83. The van der Waals surface area contributed by atoms with Crippen LogP contribution in [0.5, 0.6) is 0 Å². The molecule has 18 heavy (non-hydrogen) atoms. The van der Waals surface area contributed by atoms with Gasteiger partial charge in [-0.25, -0.2) is 0 Å². The lowest BCUT2D eigenvalue weighted by atomic mass is 10.1. The molecule has 3 nitrogen and oxygen atoms in total. The molecule has 0 atom stereocenters. The van der Waals surface area contributed by atoms with Crippen molar-refractivity contribution >= 4 is 5.78 Å². The third-order valence-corrected chi connectivity index (χ3v) is 2.93. The minimum Gasteiger partial charge on any atom is -0.292 e. The van der Waals surface area contributed by atoms with E-state index in [0.717, 1.165) is 5.69 Å². The van der Waals surface area contributed by atoms with Gasteiger partial charge in [0.15, 0.2) is 5.78 Å². The summed E-state index contributed by atoms with van der Waals surface area (Å²) in [6.07, 6.45) is 0. The monoisotopic (exact) mass is 242 g/mol. The highest BCUT2D eigenvalue weighted by Crippen LogP contribution is 2.11. The first kappa shape index (κ1) is 12.6. The van der Waals surface area contributed by atoms with E-state index in [1.54, 1.807) is 0 Å². The van der Waals surface area contributed by atoms with Gasteiger partial charge in [0.1, 0.15) is 5.69 Å². The molecule has 0 aliphatic carbocycles. The van der Waals surface area contributed by atoms with E-state index >= 15 is 0 Å². The van der Waals surface area contributed by atoms with Gasteiger partial charge < -0.3 is 0 Å². The van der Waals surface area contributed by atoms with E-state index in [-0.39, 0.29) is 11.7 Å². The molecule has 0 radical (unpaired) electrons. The first-order valence-electron chi connectivity index (χ1n) is 6.20. The Morgan fingerprint density at radius 3 is 2.56 bits per heavy atom.